The molecule has 0 unspecified atom stereocenters. The van der Waals surface area contributed by atoms with Gasteiger partial charge in [0, 0.05) is 17.3 Å². The number of aliphatic hydroxyl groups is 11. The molecular formula is C53H82O23. The summed E-state index contributed by atoms with van der Waals surface area (Å²) in [4.78, 5) is 25.9. The Labute approximate surface area is 441 Å². The third kappa shape index (κ3) is 8.61. The molecule has 432 valence electrons. The molecule has 10 rings (SSSR count). The van der Waals surface area contributed by atoms with Crippen LogP contribution in [0.15, 0.2) is 11.6 Å². The molecule has 2 bridgehead atoms. The van der Waals surface area contributed by atoms with Crippen LogP contribution in [0.4, 0.5) is 0 Å². The highest BCUT2D eigenvalue weighted by atomic mass is 16.8. The van der Waals surface area contributed by atoms with Gasteiger partial charge in [0.1, 0.15) is 85.5 Å². The second-order valence-electron chi connectivity index (χ2n) is 25.7. The smallest absolute Gasteiger partial charge is 0.335 e. The van der Waals surface area contributed by atoms with Crippen molar-refractivity contribution in [2.45, 2.75) is 235 Å². The van der Waals surface area contributed by atoms with Gasteiger partial charge in [0.25, 0.3) is 0 Å². The molecule has 0 spiro atoms. The van der Waals surface area contributed by atoms with Crippen molar-refractivity contribution in [2.24, 2.45) is 50.2 Å². The van der Waals surface area contributed by atoms with Gasteiger partial charge in [-0.15, -0.1) is 0 Å². The molecule has 0 aromatic carbocycles. The van der Waals surface area contributed by atoms with Crippen molar-refractivity contribution in [3.05, 3.63) is 11.6 Å². The van der Waals surface area contributed by atoms with Crippen LogP contribution in [0.25, 0.3) is 0 Å². The van der Waals surface area contributed by atoms with Gasteiger partial charge in [-0.2, -0.15) is 0 Å². The number of carboxylic acid groups (broad SMARTS) is 1. The maximum Gasteiger partial charge on any atom is 0.335 e. The van der Waals surface area contributed by atoms with Gasteiger partial charge in [0.15, 0.2) is 31.3 Å². The van der Waals surface area contributed by atoms with E-state index in [1.54, 1.807) is 0 Å². The minimum absolute atomic E-state index is 0.0962. The number of rotatable bonds is 11. The molecule has 5 aliphatic carbocycles. The van der Waals surface area contributed by atoms with E-state index in [0.29, 0.717) is 19.3 Å². The fourth-order valence-corrected chi connectivity index (χ4v) is 16.7. The summed E-state index contributed by atoms with van der Waals surface area (Å²) in [5.74, 6) is -1.53. The van der Waals surface area contributed by atoms with E-state index >= 15 is 0 Å². The minimum Gasteiger partial charge on any atom is -0.479 e. The summed E-state index contributed by atoms with van der Waals surface area (Å²) in [6, 6.07) is 0. The van der Waals surface area contributed by atoms with Crippen molar-refractivity contribution in [2.75, 3.05) is 19.8 Å². The third-order valence-corrected chi connectivity index (χ3v) is 21.7. The number of hydrogen-bond donors (Lipinski definition) is 12. The number of fused-ring (bicyclic) bond motifs is 10. The molecular weight excluding hydrogens is 1000 g/mol. The zero-order valence-electron chi connectivity index (χ0n) is 44.3. The van der Waals surface area contributed by atoms with Crippen LogP contribution in [0.2, 0.25) is 0 Å². The number of esters is 1. The van der Waals surface area contributed by atoms with Gasteiger partial charge in [0.2, 0.25) is 0 Å². The molecule has 76 heavy (non-hydrogen) atoms. The second kappa shape index (κ2) is 20.1. The average molecular weight is 1090 g/mol. The Morgan fingerprint density at radius 3 is 2.01 bits per heavy atom. The number of ether oxygens (including phenoxy) is 9. The number of hydrogen-bond acceptors (Lipinski definition) is 22. The van der Waals surface area contributed by atoms with Gasteiger partial charge in [-0.25, -0.2) is 4.79 Å². The van der Waals surface area contributed by atoms with E-state index in [9.17, 15) is 70.9 Å². The van der Waals surface area contributed by atoms with Crippen LogP contribution in [-0.4, -0.2) is 222 Å². The van der Waals surface area contributed by atoms with Crippen molar-refractivity contribution in [1.29, 1.82) is 0 Å². The lowest BCUT2D eigenvalue weighted by Crippen LogP contribution is -2.69. The zero-order valence-corrected chi connectivity index (χ0v) is 44.3. The predicted molar refractivity (Wildman–Crippen MR) is 255 cm³/mol. The number of aliphatic carboxylic acids is 1. The molecule has 0 aromatic rings. The lowest BCUT2D eigenvalue weighted by Gasteiger charge is -2.71. The summed E-state index contributed by atoms with van der Waals surface area (Å²) in [5.41, 5.74) is -0.937. The zero-order chi connectivity index (χ0) is 55.1. The molecule has 30 atom stereocenters. The van der Waals surface area contributed by atoms with Crippen LogP contribution >= 0.6 is 0 Å². The Bertz CT molecular complexity index is 2200. The molecule has 23 nitrogen and oxygen atoms in total. The van der Waals surface area contributed by atoms with Gasteiger partial charge in [-0.05, 0) is 99.2 Å². The fraction of sp³-hybridized carbons (Fsp3) is 0.925. The largest absolute Gasteiger partial charge is 0.479 e. The van der Waals surface area contributed by atoms with E-state index in [1.165, 1.54) is 12.5 Å². The van der Waals surface area contributed by atoms with Crippen molar-refractivity contribution in [1.82, 2.24) is 0 Å². The number of carboxylic acids is 1. The third-order valence-electron chi connectivity index (χ3n) is 21.7. The van der Waals surface area contributed by atoms with Crippen molar-refractivity contribution in [3.63, 3.8) is 0 Å². The fourth-order valence-electron chi connectivity index (χ4n) is 16.7. The van der Waals surface area contributed by atoms with Gasteiger partial charge >= 0.3 is 11.9 Å². The predicted octanol–water partition coefficient (Wildman–Crippen LogP) is -1.29. The van der Waals surface area contributed by atoms with Crippen LogP contribution in [0.5, 0.6) is 0 Å². The first-order valence-corrected chi connectivity index (χ1v) is 27.3. The van der Waals surface area contributed by atoms with E-state index < -0.39 is 153 Å². The number of aliphatic hydroxyl groups excluding tert-OH is 11. The number of carbonyl (C=O) groups is 2. The highest BCUT2D eigenvalue weighted by Gasteiger charge is 2.72. The monoisotopic (exact) mass is 1090 g/mol. The first kappa shape index (κ1) is 57.2. The molecule has 23 heteroatoms. The Morgan fingerprint density at radius 1 is 0.658 bits per heavy atom. The van der Waals surface area contributed by atoms with Crippen LogP contribution in [0, 0.1) is 50.2 Å². The summed E-state index contributed by atoms with van der Waals surface area (Å²) < 4.78 is 54.8. The Hall–Kier alpha value is -2.08. The molecule has 5 heterocycles. The van der Waals surface area contributed by atoms with E-state index in [1.807, 2.05) is 13.8 Å². The average Bonchev–Trinajstić information content (AvgIpc) is 3.64. The summed E-state index contributed by atoms with van der Waals surface area (Å²) in [6.45, 7) is 13.0. The summed E-state index contributed by atoms with van der Waals surface area (Å²) >= 11 is 0. The molecule has 0 aromatic heterocycles. The molecule has 5 saturated heterocycles. The van der Waals surface area contributed by atoms with Gasteiger partial charge in [0.05, 0.1) is 37.4 Å². The lowest BCUT2D eigenvalue weighted by atomic mass is 9.33. The standard InChI is InChI=1S/C53H82O23/c1-21-30(57)33(60)37(64)44(69-21)76-41-38(73-43-36(63)31(58)24(56)19-68-43)32(59)25(18-54)70-46(41)75-40-35(62)34(61)39(42(65)66)74-45(40)71-28-11-12-50(4)26(51(28,5)20-55)10-13-53(7)27(50)9-8-22-23-16-48(2)17-29(72-47(48)67)49(23,3)14-15-52(22,53)6/h8,21,23-41,43-46,54-64H,9-20H2,1-7H3,(H,65,66)/t21-,23-,24+,25+,26+,27+,28-,29+,30-,31-,32+,33+,34-,35-,36+,37+,38-,39-,40+,41+,43-,44-,45+,46-,48+,49+,50+,51+,52+,53+/m0/s1. The Balaban J connectivity index is 0.950. The normalized spacial score (nSPS) is 57.0. The van der Waals surface area contributed by atoms with Crippen molar-refractivity contribution >= 4 is 11.9 Å². The first-order chi connectivity index (χ1) is 35.6. The van der Waals surface area contributed by atoms with Crippen LogP contribution in [-0.2, 0) is 52.2 Å². The summed E-state index contributed by atoms with van der Waals surface area (Å²) in [5, 5.41) is 131. The highest BCUT2D eigenvalue weighted by molar-refractivity contribution is 5.79. The molecule has 10 aliphatic rings. The van der Waals surface area contributed by atoms with E-state index in [-0.39, 0.29) is 58.1 Å². The molecule has 5 aliphatic heterocycles. The molecule has 0 amide bonds. The summed E-state index contributed by atoms with van der Waals surface area (Å²) in [6.07, 6.45) is -26.7. The van der Waals surface area contributed by atoms with E-state index in [2.05, 4.69) is 33.8 Å². The van der Waals surface area contributed by atoms with Gasteiger partial charge in [-0.1, -0.05) is 46.3 Å². The minimum atomic E-state index is -2.16. The highest BCUT2D eigenvalue weighted by Crippen LogP contribution is 2.76. The SMILES string of the molecule is C[C@@H]1O[C@@H](O[C@H]2[C@H](O[C@H]3[C@H](O[C@H]4CC[C@]5(C)[C@@H](CC[C@]6(C)[C@@H]5CC=C5[C@@H]7C[C@]8(C)C[C@@H](OC8=O)[C@]7(C)CC[C@]56C)[C@@]4(C)CO)O[C@H](C(=O)O)[C@@H](O)[C@@H]3O)O[C@H](CO)[C@@H](O)[C@@H]2O[C@@H]2OC[C@@H](O)[C@H](O)[C@H]2O)[C@H](O)[C@H](O)[C@H]1O. The van der Waals surface area contributed by atoms with E-state index in [0.717, 1.165) is 38.5 Å². The van der Waals surface area contributed by atoms with Crippen LogP contribution < -0.4 is 0 Å². The maximum atomic E-state index is 13.3. The topological polar surface area (TPSA) is 360 Å². The number of carbonyl (C=O) groups excluding carboxylic acids is 1. The maximum absolute atomic E-state index is 13.3. The Kier molecular flexibility index (Phi) is 15.1. The van der Waals surface area contributed by atoms with Crippen LogP contribution in [0.1, 0.15) is 106 Å². The number of allylic oxidation sites excluding steroid dienone is 2. The van der Waals surface area contributed by atoms with Gasteiger partial charge in [-0.3, -0.25) is 4.79 Å². The van der Waals surface area contributed by atoms with Gasteiger partial charge < -0.3 is 104 Å². The molecule has 9 fully saturated rings. The molecule has 0 radical (unpaired) electrons. The van der Waals surface area contributed by atoms with Crippen molar-refractivity contribution in [3.8, 4) is 0 Å². The van der Waals surface area contributed by atoms with Crippen molar-refractivity contribution < 1.29 is 113 Å². The lowest BCUT2D eigenvalue weighted by molar-refractivity contribution is -0.408. The summed E-state index contributed by atoms with van der Waals surface area (Å²) in [7, 11) is 0. The van der Waals surface area contributed by atoms with E-state index in [4.69, 9.17) is 42.6 Å². The quantitative estimate of drug-likeness (QED) is 0.0651. The second-order valence-corrected chi connectivity index (χ2v) is 25.7. The van der Waals surface area contributed by atoms with Crippen LogP contribution in [0.3, 0.4) is 0 Å². The first-order valence-electron chi connectivity index (χ1n) is 27.3. The molecule has 4 saturated carbocycles. The molecule has 12 N–H and O–H groups in total. The Morgan fingerprint density at radius 2 is 1.33 bits per heavy atom.